The second-order valence-corrected chi connectivity index (χ2v) is 6.51. The SMILES string of the molecule is CN=C(NCCc1c[nH]c2ccc(F)cc12)NCc1ccnc(OCC(F)(F)F)c1. The molecule has 6 nitrogen and oxygen atoms in total. The Bertz CT molecular complexity index is 1020. The van der Waals surface area contributed by atoms with Crippen LogP contribution in [-0.2, 0) is 13.0 Å². The van der Waals surface area contributed by atoms with Crippen molar-refractivity contribution in [2.45, 2.75) is 19.1 Å². The number of aromatic nitrogens is 2. The Morgan fingerprint density at radius 3 is 2.80 bits per heavy atom. The van der Waals surface area contributed by atoms with Gasteiger partial charge in [0.05, 0.1) is 0 Å². The van der Waals surface area contributed by atoms with Crippen LogP contribution in [-0.4, -0.2) is 42.3 Å². The van der Waals surface area contributed by atoms with E-state index in [1.807, 2.05) is 6.20 Å². The highest BCUT2D eigenvalue weighted by Crippen LogP contribution is 2.20. The Hall–Kier alpha value is -3.30. The van der Waals surface area contributed by atoms with Gasteiger partial charge in [-0.3, -0.25) is 4.99 Å². The summed E-state index contributed by atoms with van der Waals surface area (Å²) in [7, 11) is 1.61. The summed E-state index contributed by atoms with van der Waals surface area (Å²) in [5, 5.41) is 7.07. The van der Waals surface area contributed by atoms with Crippen LogP contribution in [0.2, 0.25) is 0 Å². The molecule has 2 aromatic heterocycles. The van der Waals surface area contributed by atoms with Crippen LogP contribution in [0.25, 0.3) is 10.9 Å². The molecule has 3 rings (SSSR count). The molecule has 0 aliphatic rings. The lowest BCUT2D eigenvalue weighted by atomic mass is 10.1. The maximum Gasteiger partial charge on any atom is 0.422 e. The average Bonchev–Trinajstić information content (AvgIpc) is 3.11. The Balaban J connectivity index is 1.49. The lowest BCUT2D eigenvalue weighted by molar-refractivity contribution is -0.154. The maximum atomic E-state index is 13.5. The van der Waals surface area contributed by atoms with Crippen molar-refractivity contribution in [3.8, 4) is 5.88 Å². The largest absolute Gasteiger partial charge is 0.468 e. The van der Waals surface area contributed by atoms with Crippen molar-refractivity contribution in [2.24, 2.45) is 4.99 Å². The Morgan fingerprint density at radius 1 is 1.20 bits per heavy atom. The minimum atomic E-state index is -4.42. The number of H-pyrrole nitrogens is 1. The molecule has 30 heavy (non-hydrogen) atoms. The third-order valence-electron chi connectivity index (χ3n) is 4.28. The predicted molar refractivity (Wildman–Crippen MR) is 106 cm³/mol. The summed E-state index contributed by atoms with van der Waals surface area (Å²) in [5.41, 5.74) is 2.54. The van der Waals surface area contributed by atoms with Crippen LogP contribution in [0.3, 0.4) is 0 Å². The molecule has 2 heterocycles. The Kier molecular flexibility index (Phi) is 6.76. The number of ether oxygens (including phenoxy) is 1. The van der Waals surface area contributed by atoms with Gasteiger partial charge < -0.3 is 20.4 Å². The first-order valence-corrected chi connectivity index (χ1v) is 9.18. The van der Waals surface area contributed by atoms with Crippen LogP contribution in [0.4, 0.5) is 17.6 Å². The molecule has 160 valence electrons. The number of nitrogens with zero attached hydrogens (tertiary/aromatic N) is 2. The molecule has 0 spiro atoms. The fourth-order valence-electron chi connectivity index (χ4n) is 2.87. The molecule has 0 radical (unpaired) electrons. The fraction of sp³-hybridized carbons (Fsp3) is 0.300. The molecular formula is C20H21F4N5O. The van der Waals surface area contributed by atoms with Gasteiger partial charge >= 0.3 is 6.18 Å². The van der Waals surface area contributed by atoms with Gasteiger partial charge in [0, 0.05) is 49.5 Å². The van der Waals surface area contributed by atoms with E-state index >= 15 is 0 Å². The summed E-state index contributed by atoms with van der Waals surface area (Å²) < 4.78 is 54.9. The van der Waals surface area contributed by atoms with E-state index in [1.165, 1.54) is 24.4 Å². The normalized spacial score (nSPS) is 12.2. The zero-order valence-corrected chi connectivity index (χ0v) is 16.2. The number of guanidine groups is 1. The number of alkyl halides is 3. The summed E-state index contributed by atoms with van der Waals surface area (Å²) in [4.78, 5) is 11.0. The Labute approximate surface area is 170 Å². The molecule has 0 fully saturated rings. The van der Waals surface area contributed by atoms with Crippen molar-refractivity contribution in [3.63, 3.8) is 0 Å². The van der Waals surface area contributed by atoms with Crippen molar-refractivity contribution >= 4 is 16.9 Å². The van der Waals surface area contributed by atoms with E-state index in [0.717, 1.165) is 16.5 Å². The van der Waals surface area contributed by atoms with Crippen LogP contribution >= 0.6 is 0 Å². The number of rotatable bonds is 7. The molecule has 0 saturated carbocycles. The van der Waals surface area contributed by atoms with Gasteiger partial charge in [0.25, 0.3) is 0 Å². The second-order valence-electron chi connectivity index (χ2n) is 6.51. The molecule has 3 aromatic rings. The van der Waals surface area contributed by atoms with E-state index in [-0.39, 0.29) is 11.7 Å². The lowest BCUT2D eigenvalue weighted by Gasteiger charge is -2.13. The van der Waals surface area contributed by atoms with Crippen molar-refractivity contribution in [2.75, 3.05) is 20.2 Å². The molecule has 3 N–H and O–H groups in total. The minimum absolute atomic E-state index is 0.0962. The zero-order chi connectivity index (χ0) is 21.6. The summed E-state index contributed by atoms with van der Waals surface area (Å²) >= 11 is 0. The summed E-state index contributed by atoms with van der Waals surface area (Å²) in [6.45, 7) is -0.514. The van der Waals surface area contributed by atoms with E-state index in [2.05, 4.69) is 30.3 Å². The topological polar surface area (TPSA) is 74.3 Å². The molecule has 10 heteroatoms. The first-order chi connectivity index (χ1) is 14.3. The van der Waals surface area contributed by atoms with E-state index in [0.29, 0.717) is 31.0 Å². The number of halogens is 4. The number of aromatic amines is 1. The minimum Gasteiger partial charge on any atom is -0.468 e. The standard InChI is InChI=1S/C20H21F4N5O/c1-25-19(27-7-5-14-11-28-17-3-2-15(21)9-16(14)17)29-10-13-4-6-26-18(8-13)30-12-20(22,23)24/h2-4,6,8-9,11,28H,5,7,10,12H2,1H3,(H2,25,27,29). The third kappa shape index (κ3) is 6.10. The van der Waals surface area contributed by atoms with Gasteiger partial charge in [0.1, 0.15) is 5.82 Å². The first-order valence-electron chi connectivity index (χ1n) is 9.18. The Morgan fingerprint density at radius 2 is 2.03 bits per heavy atom. The highest BCUT2D eigenvalue weighted by molar-refractivity contribution is 5.83. The summed E-state index contributed by atoms with van der Waals surface area (Å²) in [6, 6.07) is 7.71. The maximum absolute atomic E-state index is 13.5. The van der Waals surface area contributed by atoms with Crippen LogP contribution in [0.15, 0.2) is 47.7 Å². The van der Waals surface area contributed by atoms with Crippen molar-refractivity contribution < 1.29 is 22.3 Å². The monoisotopic (exact) mass is 423 g/mol. The van der Waals surface area contributed by atoms with E-state index in [9.17, 15) is 17.6 Å². The molecule has 0 aliphatic heterocycles. The number of fused-ring (bicyclic) bond motifs is 1. The number of hydrogen-bond donors (Lipinski definition) is 3. The molecule has 1 aromatic carbocycles. The molecule has 0 unspecified atom stereocenters. The smallest absolute Gasteiger partial charge is 0.422 e. The lowest BCUT2D eigenvalue weighted by Crippen LogP contribution is -2.37. The van der Waals surface area contributed by atoms with Gasteiger partial charge in [-0.2, -0.15) is 13.2 Å². The average molecular weight is 423 g/mol. The molecular weight excluding hydrogens is 402 g/mol. The van der Waals surface area contributed by atoms with E-state index in [1.54, 1.807) is 19.2 Å². The molecule has 0 atom stereocenters. The van der Waals surface area contributed by atoms with Crippen molar-refractivity contribution in [1.29, 1.82) is 0 Å². The molecule has 0 amide bonds. The van der Waals surface area contributed by atoms with Gasteiger partial charge in [0.2, 0.25) is 5.88 Å². The van der Waals surface area contributed by atoms with Crippen LogP contribution in [0.1, 0.15) is 11.1 Å². The molecule has 0 aliphatic carbocycles. The van der Waals surface area contributed by atoms with Crippen LogP contribution in [0, 0.1) is 5.82 Å². The zero-order valence-electron chi connectivity index (χ0n) is 16.2. The van der Waals surface area contributed by atoms with Gasteiger partial charge in [-0.25, -0.2) is 9.37 Å². The quantitative estimate of drug-likeness (QED) is 0.309. The van der Waals surface area contributed by atoms with Gasteiger partial charge in [-0.15, -0.1) is 0 Å². The number of aliphatic imine (C=N–C) groups is 1. The second kappa shape index (κ2) is 9.47. The number of nitrogens with one attached hydrogen (secondary N) is 3. The van der Waals surface area contributed by atoms with Crippen molar-refractivity contribution in [1.82, 2.24) is 20.6 Å². The fourth-order valence-corrected chi connectivity index (χ4v) is 2.87. The number of pyridine rings is 1. The van der Waals surface area contributed by atoms with Crippen LogP contribution < -0.4 is 15.4 Å². The highest BCUT2D eigenvalue weighted by Gasteiger charge is 2.28. The summed E-state index contributed by atoms with van der Waals surface area (Å²) in [5.74, 6) is 0.140. The highest BCUT2D eigenvalue weighted by atomic mass is 19.4. The van der Waals surface area contributed by atoms with Crippen LogP contribution in [0.5, 0.6) is 5.88 Å². The van der Waals surface area contributed by atoms with Crippen molar-refractivity contribution in [3.05, 3.63) is 59.7 Å². The van der Waals surface area contributed by atoms with E-state index in [4.69, 9.17) is 0 Å². The number of hydrogen-bond acceptors (Lipinski definition) is 3. The van der Waals surface area contributed by atoms with Gasteiger partial charge in [-0.05, 0) is 41.8 Å². The first kappa shape index (κ1) is 21.4. The van der Waals surface area contributed by atoms with E-state index < -0.39 is 12.8 Å². The molecule has 0 bridgehead atoms. The molecule has 0 saturated heterocycles. The number of benzene rings is 1. The predicted octanol–water partition coefficient (Wildman–Crippen LogP) is 3.55. The third-order valence-corrected chi connectivity index (χ3v) is 4.28. The summed E-state index contributed by atoms with van der Waals surface area (Å²) in [6.07, 6.45) is -0.538. The van der Waals surface area contributed by atoms with Gasteiger partial charge in [0.15, 0.2) is 12.6 Å². The van der Waals surface area contributed by atoms with Gasteiger partial charge in [-0.1, -0.05) is 0 Å².